The van der Waals surface area contributed by atoms with Crippen molar-refractivity contribution < 1.29 is 4.74 Å². The van der Waals surface area contributed by atoms with E-state index in [9.17, 15) is 0 Å². The van der Waals surface area contributed by atoms with Crippen molar-refractivity contribution in [2.75, 3.05) is 26.2 Å². The SMILES string of the molecule is CC(C)CC[C@@H](c1ccc(Oc2ccccc2)cc1)N1CCNCC1.Cl.Cl. The zero-order chi connectivity index (χ0) is 17.5. The van der Waals surface area contributed by atoms with Gasteiger partial charge in [-0.15, -0.1) is 24.8 Å². The maximum absolute atomic E-state index is 5.93. The van der Waals surface area contributed by atoms with Gasteiger partial charge in [0.05, 0.1) is 0 Å². The maximum Gasteiger partial charge on any atom is 0.127 e. The van der Waals surface area contributed by atoms with Crippen LogP contribution in [0.4, 0.5) is 0 Å². The van der Waals surface area contributed by atoms with Crippen LogP contribution in [-0.4, -0.2) is 31.1 Å². The average molecular weight is 411 g/mol. The molecule has 27 heavy (non-hydrogen) atoms. The first-order valence-electron chi connectivity index (χ1n) is 9.50. The molecule has 0 saturated carbocycles. The van der Waals surface area contributed by atoms with Crippen LogP contribution in [0.15, 0.2) is 54.6 Å². The Morgan fingerprint density at radius 1 is 0.852 bits per heavy atom. The van der Waals surface area contributed by atoms with Gasteiger partial charge in [0.25, 0.3) is 0 Å². The molecule has 1 fully saturated rings. The van der Waals surface area contributed by atoms with E-state index in [4.69, 9.17) is 4.74 Å². The van der Waals surface area contributed by atoms with Crippen LogP contribution in [0.3, 0.4) is 0 Å². The van der Waals surface area contributed by atoms with E-state index in [1.807, 2.05) is 30.3 Å². The molecule has 1 aliphatic rings. The zero-order valence-electron chi connectivity index (χ0n) is 16.3. The van der Waals surface area contributed by atoms with Crippen molar-refractivity contribution in [2.24, 2.45) is 5.92 Å². The summed E-state index contributed by atoms with van der Waals surface area (Å²) >= 11 is 0. The molecule has 1 atom stereocenters. The Hall–Kier alpha value is -1.26. The first kappa shape index (κ1) is 23.8. The largest absolute Gasteiger partial charge is 0.457 e. The number of nitrogens with zero attached hydrogens (tertiary/aromatic N) is 1. The standard InChI is InChI=1S/C22H30N2O.2ClH/c1-18(2)8-13-22(24-16-14-23-15-17-24)19-9-11-21(12-10-19)25-20-6-4-3-5-7-20;;/h3-7,9-12,18,22-23H,8,13-17H2,1-2H3;2*1H/t22-;;/m0../s1. The topological polar surface area (TPSA) is 24.5 Å². The van der Waals surface area contributed by atoms with Gasteiger partial charge in [-0.2, -0.15) is 0 Å². The molecule has 2 aromatic carbocycles. The van der Waals surface area contributed by atoms with Gasteiger partial charge < -0.3 is 10.1 Å². The lowest BCUT2D eigenvalue weighted by molar-refractivity contribution is 0.160. The number of hydrogen-bond acceptors (Lipinski definition) is 3. The fourth-order valence-electron chi connectivity index (χ4n) is 3.43. The Labute approximate surface area is 176 Å². The summed E-state index contributed by atoms with van der Waals surface area (Å²) in [5.74, 6) is 2.53. The summed E-state index contributed by atoms with van der Waals surface area (Å²) in [6, 6.07) is 19.2. The van der Waals surface area contributed by atoms with Crippen molar-refractivity contribution in [1.29, 1.82) is 0 Å². The van der Waals surface area contributed by atoms with Crippen LogP contribution in [0.1, 0.15) is 38.3 Å². The Kier molecular flexibility index (Phi) is 10.8. The van der Waals surface area contributed by atoms with Crippen molar-refractivity contribution in [3.05, 3.63) is 60.2 Å². The van der Waals surface area contributed by atoms with Gasteiger partial charge in [0.2, 0.25) is 0 Å². The molecule has 0 amide bonds. The molecule has 0 unspecified atom stereocenters. The fraction of sp³-hybridized carbons (Fsp3) is 0.455. The Bertz CT molecular complexity index is 629. The molecule has 0 bridgehead atoms. The quantitative estimate of drug-likeness (QED) is 0.632. The molecule has 5 heteroatoms. The Morgan fingerprint density at radius 3 is 2.04 bits per heavy atom. The summed E-state index contributed by atoms with van der Waals surface area (Å²) in [4.78, 5) is 2.63. The molecular formula is C22H32Cl2N2O. The normalized spacial score (nSPS) is 15.5. The smallest absolute Gasteiger partial charge is 0.127 e. The monoisotopic (exact) mass is 410 g/mol. The summed E-state index contributed by atoms with van der Waals surface area (Å²) in [5.41, 5.74) is 1.41. The molecular weight excluding hydrogens is 379 g/mol. The van der Waals surface area contributed by atoms with Crippen molar-refractivity contribution in [2.45, 2.75) is 32.7 Å². The molecule has 2 aromatic rings. The van der Waals surface area contributed by atoms with Crippen molar-refractivity contribution in [3.63, 3.8) is 0 Å². The summed E-state index contributed by atoms with van der Waals surface area (Å²) in [6.07, 6.45) is 2.48. The number of para-hydroxylation sites is 1. The molecule has 150 valence electrons. The number of ether oxygens (including phenoxy) is 1. The minimum atomic E-state index is 0. The minimum absolute atomic E-state index is 0. The van der Waals surface area contributed by atoms with E-state index in [-0.39, 0.29) is 24.8 Å². The second kappa shape index (κ2) is 12.2. The lowest BCUT2D eigenvalue weighted by Gasteiger charge is -2.35. The van der Waals surface area contributed by atoms with Gasteiger partial charge in [-0.1, -0.05) is 44.2 Å². The molecule has 1 heterocycles. The summed E-state index contributed by atoms with van der Waals surface area (Å²) in [7, 11) is 0. The van der Waals surface area contributed by atoms with Crippen LogP contribution in [-0.2, 0) is 0 Å². The highest BCUT2D eigenvalue weighted by molar-refractivity contribution is 5.85. The number of hydrogen-bond donors (Lipinski definition) is 1. The first-order valence-corrected chi connectivity index (χ1v) is 9.50. The first-order chi connectivity index (χ1) is 12.2. The van der Waals surface area contributed by atoms with E-state index in [0.29, 0.717) is 6.04 Å². The number of nitrogens with one attached hydrogen (secondary N) is 1. The van der Waals surface area contributed by atoms with Crippen LogP contribution in [0.2, 0.25) is 0 Å². The minimum Gasteiger partial charge on any atom is -0.457 e. The highest BCUT2D eigenvalue weighted by Gasteiger charge is 2.22. The molecule has 1 aliphatic heterocycles. The number of halogens is 2. The van der Waals surface area contributed by atoms with Crippen molar-refractivity contribution in [3.8, 4) is 11.5 Å². The predicted octanol–water partition coefficient (Wildman–Crippen LogP) is 5.71. The maximum atomic E-state index is 5.93. The zero-order valence-corrected chi connectivity index (χ0v) is 17.9. The Balaban J connectivity index is 0.00000182. The van der Waals surface area contributed by atoms with E-state index in [1.54, 1.807) is 0 Å². The Morgan fingerprint density at radius 2 is 1.44 bits per heavy atom. The van der Waals surface area contributed by atoms with Gasteiger partial charge in [-0.05, 0) is 48.6 Å². The average Bonchev–Trinajstić information content (AvgIpc) is 2.65. The lowest BCUT2D eigenvalue weighted by Crippen LogP contribution is -2.45. The summed E-state index contributed by atoms with van der Waals surface area (Å²) in [5, 5.41) is 3.46. The van der Waals surface area contributed by atoms with Gasteiger partial charge in [0, 0.05) is 32.2 Å². The summed E-state index contributed by atoms with van der Waals surface area (Å²) in [6.45, 7) is 9.06. The highest BCUT2D eigenvalue weighted by atomic mass is 35.5. The van der Waals surface area contributed by atoms with Gasteiger partial charge in [-0.25, -0.2) is 0 Å². The molecule has 3 nitrogen and oxygen atoms in total. The van der Waals surface area contributed by atoms with Gasteiger partial charge in [-0.3, -0.25) is 4.90 Å². The van der Waals surface area contributed by atoms with E-state index >= 15 is 0 Å². The predicted molar refractivity (Wildman–Crippen MR) is 119 cm³/mol. The molecule has 0 aromatic heterocycles. The fourth-order valence-corrected chi connectivity index (χ4v) is 3.43. The molecule has 0 spiro atoms. The summed E-state index contributed by atoms with van der Waals surface area (Å²) < 4.78 is 5.93. The second-order valence-electron chi connectivity index (χ2n) is 7.26. The van der Waals surface area contributed by atoms with E-state index < -0.39 is 0 Å². The van der Waals surface area contributed by atoms with Crippen LogP contribution in [0, 0.1) is 5.92 Å². The number of benzene rings is 2. The molecule has 3 rings (SSSR count). The van der Waals surface area contributed by atoms with Crippen molar-refractivity contribution in [1.82, 2.24) is 10.2 Å². The second-order valence-corrected chi connectivity index (χ2v) is 7.26. The number of piperazine rings is 1. The molecule has 1 saturated heterocycles. The highest BCUT2D eigenvalue weighted by Crippen LogP contribution is 2.30. The number of rotatable bonds is 7. The van der Waals surface area contributed by atoms with Crippen LogP contribution >= 0.6 is 24.8 Å². The van der Waals surface area contributed by atoms with Crippen LogP contribution < -0.4 is 10.1 Å². The molecule has 0 radical (unpaired) electrons. The van der Waals surface area contributed by atoms with Gasteiger partial charge >= 0.3 is 0 Å². The third-order valence-corrected chi connectivity index (χ3v) is 4.85. The third-order valence-electron chi connectivity index (χ3n) is 4.85. The van der Waals surface area contributed by atoms with E-state index in [2.05, 4.69) is 48.3 Å². The van der Waals surface area contributed by atoms with Crippen molar-refractivity contribution >= 4 is 24.8 Å². The van der Waals surface area contributed by atoms with Gasteiger partial charge in [0.1, 0.15) is 11.5 Å². The van der Waals surface area contributed by atoms with Crippen LogP contribution in [0.5, 0.6) is 11.5 Å². The molecule has 0 aliphatic carbocycles. The van der Waals surface area contributed by atoms with Crippen LogP contribution in [0.25, 0.3) is 0 Å². The molecule has 1 N–H and O–H groups in total. The third kappa shape index (κ3) is 7.34. The lowest BCUT2D eigenvalue weighted by atomic mass is 9.95. The van der Waals surface area contributed by atoms with E-state index in [0.717, 1.165) is 43.6 Å². The van der Waals surface area contributed by atoms with Gasteiger partial charge in [0.15, 0.2) is 0 Å². The van der Waals surface area contributed by atoms with E-state index in [1.165, 1.54) is 18.4 Å².